The second-order valence-corrected chi connectivity index (χ2v) is 7.44. The number of rotatable bonds is 4. The highest BCUT2D eigenvalue weighted by molar-refractivity contribution is 5.77. The Morgan fingerprint density at radius 2 is 2.19 bits per heavy atom. The number of amides is 1. The molecule has 138 valence electrons. The number of hydrogen-bond donors (Lipinski definition) is 0. The predicted octanol–water partition coefficient (Wildman–Crippen LogP) is 2.44. The number of likely N-dealkylation sites (tertiary alicyclic amines) is 1. The van der Waals surface area contributed by atoms with Gasteiger partial charge in [0.25, 0.3) is 5.95 Å². The van der Waals surface area contributed by atoms with Gasteiger partial charge in [0.1, 0.15) is 0 Å². The maximum Gasteiger partial charge on any atom is 0.266 e. The van der Waals surface area contributed by atoms with E-state index >= 15 is 0 Å². The van der Waals surface area contributed by atoms with Crippen LogP contribution in [-0.2, 0) is 17.8 Å². The molecule has 4 rings (SSSR count). The first-order valence-corrected chi connectivity index (χ1v) is 9.43. The maximum atomic E-state index is 12.5. The molecule has 0 bridgehead atoms. The molecule has 2 aliphatic heterocycles. The lowest BCUT2D eigenvalue weighted by Gasteiger charge is -2.47. The van der Waals surface area contributed by atoms with Crippen LogP contribution in [0.25, 0.3) is 0 Å². The number of carbonyl (C=O) groups is 1. The third-order valence-electron chi connectivity index (χ3n) is 5.53. The molecule has 4 heterocycles. The molecule has 0 saturated carbocycles. The van der Waals surface area contributed by atoms with Gasteiger partial charge in [-0.3, -0.25) is 9.78 Å². The van der Waals surface area contributed by atoms with Crippen LogP contribution in [0.1, 0.15) is 44.2 Å². The number of aromatic nitrogens is 3. The van der Waals surface area contributed by atoms with Gasteiger partial charge in [0.15, 0.2) is 0 Å². The van der Waals surface area contributed by atoms with E-state index in [1.165, 1.54) is 0 Å². The number of pyridine rings is 1. The molecule has 2 aromatic heterocycles. The van der Waals surface area contributed by atoms with Crippen LogP contribution in [0.4, 0.5) is 5.95 Å². The summed E-state index contributed by atoms with van der Waals surface area (Å²) >= 11 is 0. The highest BCUT2D eigenvalue weighted by atomic mass is 16.5. The Labute approximate surface area is 153 Å². The van der Waals surface area contributed by atoms with Crippen molar-refractivity contribution >= 4 is 11.9 Å². The molecule has 1 atom stereocenters. The Morgan fingerprint density at radius 1 is 1.27 bits per heavy atom. The molecule has 2 fully saturated rings. The lowest BCUT2D eigenvalue weighted by atomic mass is 9.73. The fraction of sp³-hybridized carbons (Fsp3) is 0.579. The van der Waals surface area contributed by atoms with Crippen molar-refractivity contribution in [3.63, 3.8) is 0 Å². The van der Waals surface area contributed by atoms with E-state index < -0.39 is 0 Å². The van der Waals surface area contributed by atoms with Gasteiger partial charge in [0, 0.05) is 44.1 Å². The first-order valence-electron chi connectivity index (χ1n) is 9.43. The minimum atomic E-state index is 0.105. The smallest absolute Gasteiger partial charge is 0.266 e. The highest BCUT2D eigenvalue weighted by Crippen LogP contribution is 2.40. The summed E-state index contributed by atoms with van der Waals surface area (Å²) in [5.41, 5.74) is 1.05. The molecular formula is C19H25N5O2. The second kappa shape index (κ2) is 7.05. The summed E-state index contributed by atoms with van der Waals surface area (Å²) < 4.78 is 5.28. The average Bonchev–Trinajstić information content (AvgIpc) is 3.15. The fourth-order valence-electron chi connectivity index (χ4n) is 4.16. The number of nitrogens with zero attached hydrogens (tertiary/aromatic N) is 5. The van der Waals surface area contributed by atoms with Gasteiger partial charge in [0.2, 0.25) is 11.8 Å². The lowest BCUT2D eigenvalue weighted by Crippen LogP contribution is -2.54. The quantitative estimate of drug-likeness (QED) is 0.838. The zero-order valence-electron chi connectivity index (χ0n) is 15.2. The third kappa shape index (κ3) is 3.43. The van der Waals surface area contributed by atoms with Crippen molar-refractivity contribution in [3.8, 4) is 0 Å². The number of hydrogen-bond acceptors (Lipinski definition) is 6. The SMILES string of the molecule is CCc1nc(N2CCCC3(CCC(=O)N(Cc4ccccn4)C3)C2)no1. The van der Waals surface area contributed by atoms with Gasteiger partial charge in [-0.2, -0.15) is 4.98 Å². The van der Waals surface area contributed by atoms with Crippen LogP contribution in [0.3, 0.4) is 0 Å². The van der Waals surface area contributed by atoms with Crippen LogP contribution >= 0.6 is 0 Å². The summed E-state index contributed by atoms with van der Waals surface area (Å²) in [4.78, 5) is 25.5. The summed E-state index contributed by atoms with van der Waals surface area (Å²) in [6.07, 6.45) is 6.28. The van der Waals surface area contributed by atoms with E-state index in [1.807, 2.05) is 30.0 Å². The first kappa shape index (κ1) is 17.0. The van der Waals surface area contributed by atoms with E-state index in [2.05, 4.69) is 20.0 Å². The van der Waals surface area contributed by atoms with Gasteiger partial charge in [-0.25, -0.2) is 0 Å². The summed E-state index contributed by atoms with van der Waals surface area (Å²) in [5.74, 6) is 1.59. The molecule has 0 N–H and O–H groups in total. The summed E-state index contributed by atoms with van der Waals surface area (Å²) in [6, 6.07) is 5.85. The van der Waals surface area contributed by atoms with Crippen molar-refractivity contribution in [3.05, 3.63) is 36.0 Å². The van der Waals surface area contributed by atoms with Crippen LogP contribution in [-0.4, -0.2) is 45.6 Å². The second-order valence-electron chi connectivity index (χ2n) is 7.44. The molecule has 26 heavy (non-hydrogen) atoms. The van der Waals surface area contributed by atoms with Gasteiger partial charge in [-0.1, -0.05) is 13.0 Å². The number of aryl methyl sites for hydroxylation is 1. The highest BCUT2D eigenvalue weighted by Gasteiger charge is 2.42. The molecule has 7 nitrogen and oxygen atoms in total. The molecule has 0 aliphatic carbocycles. The maximum absolute atomic E-state index is 12.5. The summed E-state index contributed by atoms with van der Waals surface area (Å²) in [7, 11) is 0. The van der Waals surface area contributed by atoms with Crippen molar-refractivity contribution in [2.45, 2.75) is 45.6 Å². The molecule has 0 aromatic carbocycles. The largest absolute Gasteiger partial charge is 0.338 e. The molecule has 2 saturated heterocycles. The monoisotopic (exact) mass is 355 g/mol. The minimum absolute atomic E-state index is 0.105. The van der Waals surface area contributed by atoms with Crippen LogP contribution < -0.4 is 4.90 Å². The molecule has 1 amide bonds. The Balaban J connectivity index is 1.49. The Bertz CT molecular complexity index is 762. The Kier molecular flexibility index (Phi) is 4.61. The molecule has 7 heteroatoms. The first-order chi connectivity index (χ1) is 12.7. The number of piperidine rings is 2. The summed E-state index contributed by atoms with van der Waals surface area (Å²) in [5, 5.41) is 4.14. The van der Waals surface area contributed by atoms with Gasteiger partial charge < -0.3 is 14.3 Å². The molecular weight excluding hydrogens is 330 g/mol. The zero-order valence-corrected chi connectivity index (χ0v) is 15.2. The predicted molar refractivity (Wildman–Crippen MR) is 96.4 cm³/mol. The third-order valence-corrected chi connectivity index (χ3v) is 5.53. The lowest BCUT2D eigenvalue weighted by molar-refractivity contribution is -0.138. The van der Waals surface area contributed by atoms with Crippen molar-refractivity contribution in [1.82, 2.24) is 20.0 Å². The molecule has 2 aliphatic rings. The van der Waals surface area contributed by atoms with Gasteiger partial charge in [0.05, 0.1) is 12.2 Å². The average molecular weight is 355 g/mol. The van der Waals surface area contributed by atoms with E-state index in [-0.39, 0.29) is 11.3 Å². The Hall–Kier alpha value is -2.44. The van der Waals surface area contributed by atoms with E-state index in [0.29, 0.717) is 24.8 Å². The summed E-state index contributed by atoms with van der Waals surface area (Å²) in [6.45, 7) is 5.19. The number of anilines is 1. The van der Waals surface area contributed by atoms with Crippen molar-refractivity contribution in [1.29, 1.82) is 0 Å². The topological polar surface area (TPSA) is 75.4 Å². The normalized spacial score (nSPS) is 23.7. The van der Waals surface area contributed by atoms with Crippen LogP contribution in [0.5, 0.6) is 0 Å². The van der Waals surface area contributed by atoms with Crippen molar-refractivity contribution in [2.75, 3.05) is 24.5 Å². The van der Waals surface area contributed by atoms with E-state index in [4.69, 9.17) is 4.52 Å². The molecule has 1 spiro atoms. The molecule has 0 radical (unpaired) electrons. The van der Waals surface area contributed by atoms with Gasteiger partial charge in [-0.15, -0.1) is 0 Å². The van der Waals surface area contributed by atoms with E-state index in [1.54, 1.807) is 6.20 Å². The van der Waals surface area contributed by atoms with Crippen molar-refractivity contribution in [2.24, 2.45) is 5.41 Å². The van der Waals surface area contributed by atoms with Crippen LogP contribution in [0.15, 0.2) is 28.9 Å². The molecule has 2 aromatic rings. The van der Waals surface area contributed by atoms with E-state index in [0.717, 1.165) is 51.0 Å². The fourth-order valence-corrected chi connectivity index (χ4v) is 4.16. The zero-order chi connectivity index (χ0) is 18.0. The van der Waals surface area contributed by atoms with Gasteiger partial charge in [-0.05, 0) is 36.6 Å². The van der Waals surface area contributed by atoms with Crippen LogP contribution in [0, 0.1) is 5.41 Å². The van der Waals surface area contributed by atoms with Gasteiger partial charge >= 0.3 is 0 Å². The molecule has 1 unspecified atom stereocenters. The standard InChI is InChI=1S/C19H25N5O2/c1-2-16-21-18(22-26-16)23-11-5-8-19(13-23)9-7-17(25)24(14-19)12-15-6-3-4-10-20-15/h3-4,6,10H,2,5,7-9,11-14H2,1H3. The Morgan fingerprint density at radius 3 is 2.96 bits per heavy atom. The van der Waals surface area contributed by atoms with E-state index in [9.17, 15) is 4.79 Å². The van der Waals surface area contributed by atoms with Crippen LogP contribution in [0.2, 0.25) is 0 Å². The minimum Gasteiger partial charge on any atom is -0.338 e. The van der Waals surface area contributed by atoms with Crippen molar-refractivity contribution < 1.29 is 9.32 Å². The number of carbonyl (C=O) groups excluding carboxylic acids is 1.